The van der Waals surface area contributed by atoms with Crippen molar-refractivity contribution in [3.8, 4) is 22.8 Å². The highest BCUT2D eigenvalue weighted by molar-refractivity contribution is 6.32. The molecule has 1 aliphatic carbocycles. The Labute approximate surface area is 292 Å². The Hall–Kier alpha value is -3.85. The van der Waals surface area contributed by atoms with Crippen molar-refractivity contribution in [3.05, 3.63) is 48.1 Å². The summed E-state index contributed by atoms with van der Waals surface area (Å²) in [6.45, 7) is 12.6. The number of benzene rings is 1. The second kappa shape index (κ2) is 15.4. The average molecular weight is 695 g/mol. The molecule has 15 heteroatoms. The molecular formula is C34H47ClN10O4. The summed E-state index contributed by atoms with van der Waals surface area (Å²) in [5.41, 5.74) is 1.50. The first-order valence-corrected chi connectivity index (χ1v) is 17.5. The molecule has 0 unspecified atom stereocenters. The van der Waals surface area contributed by atoms with Crippen LogP contribution < -0.4 is 14.8 Å². The van der Waals surface area contributed by atoms with Gasteiger partial charge in [-0.15, -0.1) is 10.2 Å². The van der Waals surface area contributed by atoms with Gasteiger partial charge >= 0.3 is 0 Å². The fourth-order valence-corrected chi connectivity index (χ4v) is 6.73. The molecule has 1 saturated heterocycles. The number of ether oxygens (including phenoxy) is 3. The zero-order chi connectivity index (χ0) is 34.5. The minimum Gasteiger partial charge on any atom is -0.487 e. The van der Waals surface area contributed by atoms with E-state index in [0.717, 1.165) is 49.9 Å². The molecule has 4 aromatic rings. The van der Waals surface area contributed by atoms with E-state index in [9.17, 15) is 5.11 Å². The summed E-state index contributed by atoms with van der Waals surface area (Å²) in [6, 6.07) is 6.40. The zero-order valence-corrected chi connectivity index (χ0v) is 29.6. The Bertz CT molecular complexity index is 1630. The minimum absolute atomic E-state index is 0.215. The number of rotatable bonds is 13. The van der Waals surface area contributed by atoms with Crippen molar-refractivity contribution in [2.45, 2.75) is 109 Å². The predicted octanol–water partition coefficient (Wildman–Crippen LogP) is 5.32. The molecule has 1 saturated carbocycles. The van der Waals surface area contributed by atoms with Gasteiger partial charge in [0.1, 0.15) is 23.9 Å². The lowest BCUT2D eigenvalue weighted by Crippen LogP contribution is -2.51. The van der Waals surface area contributed by atoms with Crippen molar-refractivity contribution in [3.63, 3.8) is 0 Å². The highest BCUT2D eigenvalue weighted by Crippen LogP contribution is 2.36. The van der Waals surface area contributed by atoms with Crippen LogP contribution in [0.3, 0.4) is 0 Å². The van der Waals surface area contributed by atoms with Crippen molar-refractivity contribution >= 4 is 23.2 Å². The third-order valence-corrected chi connectivity index (χ3v) is 9.29. The molecule has 4 heterocycles. The van der Waals surface area contributed by atoms with Crippen LogP contribution in [0.2, 0.25) is 5.02 Å². The first-order valence-electron chi connectivity index (χ1n) is 17.1. The molecule has 6 rings (SSSR count). The summed E-state index contributed by atoms with van der Waals surface area (Å²) in [5, 5.41) is 30.1. The number of hydrogen-bond acceptors (Lipinski definition) is 12. The van der Waals surface area contributed by atoms with E-state index < -0.39 is 5.60 Å². The van der Waals surface area contributed by atoms with Crippen LogP contribution >= 0.6 is 11.6 Å². The average Bonchev–Trinajstić information content (AvgIpc) is 3.71. The molecule has 0 bridgehead atoms. The Morgan fingerprint density at radius 3 is 2.45 bits per heavy atom. The van der Waals surface area contributed by atoms with Gasteiger partial charge in [-0.1, -0.05) is 17.7 Å². The highest BCUT2D eigenvalue weighted by atomic mass is 35.5. The molecule has 264 valence electrons. The minimum atomic E-state index is -0.846. The van der Waals surface area contributed by atoms with Gasteiger partial charge in [0.2, 0.25) is 5.95 Å². The first kappa shape index (κ1) is 35.0. The monoisotopic (exact) mass is 694 g/mol. The van der Waals surface area contributed by atoms with Crippen LogP contribution in [0.1, 0.15) is 72.8 Å². The van der Waals surface area contributed by atoms with Crippen LogP contribution in [-0.4, -0.2) is 99.6 Å². The van der Waals surface area contributed by atoms with Gasteiger partial charge in [-0.3, -0.25) is 9.58 Å². The van der Waals surface area contributed by atoms with Gasteiger partial charge in [0, 0.05) is 43.5 Å². The molecular weight excluding hydrogens is 648 g/mol. The quantitative estimate of drug-likeness (QED) is 0.186. The van der Waals surface area contributed by atoms with E-state index in [1.165, 1.54) is 0 Å². The second-order valence-corrected chi connectivity index (χ2v) is 14.3. The summed E-state index contributed by atoms with van der Waals surface area (Å²) in [6.07, 6.45) is 12.1. The molecule has 2 aliphatic rings. The lowest BCUT2D eigenvalue weighted by Gasteiger charge is -2.42. The van der Waals surface area contributed by atoms with Gasteiger partial charge in [0.25, 0.3) is 5.88 Å². The van der Waals surface area contributed by atoms with E-state index >= 15 is 0 Å². The second-order valence-electron chi connectivity index (χ2n) is 13.9. The standard InChI is InChI=1S/C34H47ClN10O4/c1-22-17-43(18-23(2)48-22)27-7-9-28(10-8-27)45-20-30(32(40-45)47-13-12-34(4,5)46)39-33-36-15-26(16-37-33)25-6-11-29(35)31(14-25)49-24(3)19-44-21-38-41-42-44/h6,11,14-16,20-24,27-28,46H,7-10,12-13,17-19H2,1-5H3,(H,36,37,39)/t22-,23+,24-,27?,28?/m0/s1. The molecule has 0 spiro atoms. The van der Waals surface area contributed by atoms with E-state index in [2.05, 4.69) is 49.6 Å². The van der Waals surface area contributed by atoms with Gasteiger partial charge in [-0.05, 0) is 88.4 Å². The fraction of sp³-hybridized carbons (Fsp3) is 0.588. The maximum absolute atomic E-state index is 10.2. The summed E-state index contributed by atoms with van der Waals surface area (Å²) in [7, 11) is 0. The Kier molecular flexibility index (Phi) is 11.0. The van der Waals surface area contributed by atoms with E-state index in [-0.39, 0.29) is 24.4 Å². The van der Waals surface area contributed by atoms with Crippen LogP contribution in [0.25, 0.3) is 11.1 Å². The highest BCUT2D eigenvalue weighted by Gasteiger charge is 2.32. The molecule has 3 atom stereocenters. The van der Waals surface area contributed by atoms with E-state index in [1.807, 2.05) is 29.9 Å². The molecule has 3 aromatic heterocycles. The normalized spacial score (nSPS) is 22.5. The summed E-state index contributed by atoms with van der Waals surface area (Å²) in [4.78, 5) is 11.8. The number of halogens is 1. The third-order valence-electron chi connectivity index (χ3n) is 8.98. The number of hydrogen-bond donors (Lipinski definition) is 2. The number of morpholine rings is 1. The van der Waals surface area contributed by atoms with Gasteiger partial charge in [0.15, 0.2) is 0 Å². The number of anilines is 2. The van der Waals surface area contributed by atoms with Crippen molar-refractivity contribution in [2.24, 2.45) is 0 Å². The Morgan fingerprint density at radius 1 is 1.06 bits per heavy atom. The number of nitrogens with one attached hydrogen (secondary N) is 1. The van der Waals surface area contributed by atoms with E-state index in [1.54, 1.807) is 43.3 Å². The number of aliphatic hydroxyl groups is 1. The van der Waals surface area contributed by atoms with Crippen LogP contribution in [0.5, 0.6) is 11.6 Å². The fourth-order valence-electron chi connectivity index (χ4n) is 6.57. The molecule has 1 aliphatic heterocycles. The van der Waals surface area contributed by atoms with Gasteiger partial charge < -0.3 is 24.6 Å². The zero-order valence-electron chi connectivity index (χ0n) is 28.9. The number of aromatic nitrogens is 8. The van der Waals surface area contributed by atoms with E-state index in [0.29, 0.717) is 53.9 Å². The third kappa shape index (κ3) is 9.44. The molecule has 2 N–H and O–H groups in total. The smallest absolute Gasteiger partial charge is 0.256 e. The molecule has 0 amide bonds. The maximum atomic E-state index is 10.2. The Balaban J connectivity index is 1.13. The lowest BCUT2D eigenvalue weighted by molar-refractivity contribution is -0.0852. The summed E-state index contributed by atoms with van der Waals surface area (Å²) < 4.78 is 21.8. The maximum Gasteiger partial charge on any atom is 0.256 e. The van der Waals surface area contributed by atoms with Gasteiger partial charge in [-0.2, -0.15) is 0 Å². The van der Waals surface area contributed by atoms with Crippen LogP contribution in [0.4, 0.5) is 11.6 Å². The van der Waals surface area contributed by atoms with Crippen molar-refractivity contribution in [1.29, 1.82) is 0 Å². The number of tetrazole rings is 1. The molecule has 49 heavy (non-hydrogen) atoms. The summed E-state index contributed by atoms with van der Waals surface area (Å²) in [5.74, 6) is 1.42. The first-order chi connectivity index (χ1) is 23.5. The van der Waals surface area contributed by atoms with Crippen LogP contribution in [-0.2, 0) is 11.3 Å². The van der Waals surface area contributed by atoms with Crippen LogP contribution in [0, 0.1) is 0 Å². The predicted molar refractivity (Wildman–Crippen MR) is 185 cm³/mol. The van der Waals surface area contributed by atoms with Crippen molar-refractivity contribution in [2.75, 3.05) is 25.0 Å². The molecule has 2 fully saturated rings. The SMILES string of the molecule is C[C@@H]1CN(C2CCC(n3cc(Nc4ncc(-c5ccc(Cl)c(O[C@@H](C)Cn6cnnn6)c5)cn4)c(OCCC(C)(C)O)n3)CC2)C[C@H](C)O1. The van der Waals surface area contributed by atoms with E-state index in [4.69, 9.17) is 30.9 Å². The molecule has 1 aromatic carbocycles. The summed E-state index contributed by atoms with van der Waals surface area (Å²) >= 11 is 6.46. The van der Waals surface area contributed by atoms with Gasteiger partial charge in [0.05, 0.1) is 48.2 Å². The lowest BCUT2D eigenvalue weighted by atomic mass is 9.89. The van der Waals surface area contributed by atoms with Gasteiger partial charge in [-0.25, -0.2) is 14.6 Å². The topological polar surface area (TPSA) is 150 Å². The van der Waals surface area contributed by atoms with Crippen molar-refractivity contribution in [1.82, 2.24) is 44.9 Å². The number of nitrogens with zero attached hydrogens (tertiary/aromatic N) is 9. The van der Waals surface area contributed by atoms with Crippen LogP contribution in [0.15, 0.2) is 43.1 Å². The molecule has 0 radical (unpaired) electrons. The largest absolute Gasteiger partial charge is 0.487 e. The molecule has 14 nitrogen and oxygen atoms in total. The Morgan fingerprint density at radius 2 is 1.78 bits per heavy atom. The van der Waals surface area contributed by atoms with Crippen molar-refractivity contribution < 1.29 is 19.3 Å².